The van der Waals surface area contributed by atoms with Gasteiger partial charge in [0.2, 0.25) is 0 Å². The average Bonchev–Trinajstić information content (AvgIpc) is 3.37. The van der Waals surface area contributed by atoms with Gasteiger partial charge in [-0.15, -0.1) is 24.0 Å². The fourth-order valence-corrected chi connectivity index (χ4v) is 3.47. The molecule has 1 aliphatic rings. The van der Waals surface area contributed by atoms with Crippen LogP contribution in [-0.2, 0) is 6.54 Å². The van der Waals surface area contributed by atoms with Crippen LogP contribution in [0.1, 0.15) is 48.9 Å². The molecule has 1 heterocycles. The second-order valence-electron chi connectivity index (χ2n) is 6.82. The predicted molar refractivity (Wildman–Crippen MR) is 120 cm³/mol. The van der Waals surface area contributed by atoms with E-state index in [2.05, 4.69) is 37.7 Å². The first-order valence-corrected chi connectivity index (χ1v) is 9.44. The van der Waals surface area contributed by atoms with E-state index in [9.17, 15) is 5.11 Å². The molecule has 1 atom stereocenters. The number of aliphatic hydroxyl groups excluding tert-OH is 1. The quantitative estimate of drug-likeness (QED) is 0.322. The Hall–Kier alpha value is -1.61. The Morgan fingerprint density at radius 2 is 1.96 bits per heavy atom. The van der Waals surface area contributed by atoms with E-state index in [0.29, 0.717) is 19.1 Å². The van der Waals surface area contributed by atoms with Gasteiger partial charge in [0.1, 0.15) is 0 Å². The lowest BCUT2D eigenvalue weighted by Crippen LogP contribution is -2.39. The number of halogens is 1. The van der Waals surface area contributed by atoms with Gasteiger partial charge in [0, 0.05) is 25.7 Å². The number of aromatic nitrogens is 2. The molecular formula is C20H30IN5O. The van der Waals surface area contributed by atoms with Crippen molar-refractivity contribution in [2.75, 3.05) is 20.2 Å². The fourth-order valence-electron chi connectivity index (χ4n) is 3.47. The molecule has 1 unspecified atom stereocenters. The van der Waals surface area contributed by atoms with Crippen LogP contribution in [0.15, 0.2) is 47.6 Å². The third kappa shape index (κ3) is 6.21. The van der Waals surface area contributed by atoms with Gasteiger partial charge in [0.25, 0.3) is 0 Å². The number of aliphatic imine (C=N–C) groups is 1. The lowest BCUT2D eigenvalue weighted by atomic mass is 10.0. The molecule has 7 heteroatoms. The summed E-state index contributed by atoms with van der Waals surface area (Å²) in [6.07, 6.45) is 7.17. The molecule has 1 aliphatic carbocycles. The highest BCUT2D eigenvalue weighted by Gasteiger charge is 2.17. The standard InChI is InChI=1S/C20H29N5O.HI/c1-21-20(22-13-17(15-26)16-7-3-2-4-8-16)23-14-18-11-12-25(24-18)19-9-5-6-10-19;/h2-4,7-8,11-12,17,19,26H,5-6,9-10,13-15H2,1H3,(H2,21,22,23);1H. The summed E-state index contributed by atoms with van der Waals surface area (Å²) in [5.74, 6) is 0.756. The Balaban J connectivity index is 0.00000261. The summed E-state index contributed by atoms with van der Waals surface area (Å²) in [7, 11) is 1.75. The minimum Gasteiger partial charge on any atom is -0.396 e. The van der Waals surface area contributed by atoms with Crippen LogP contribution in [0.5, 0.6) is 0 Å². The van der Waals surface area contributed by atoms with Crippen molar-refractivity contribution in [1.29, 1.82) is 0 Å². The smallest absolute Gasteiger partial charge is 0.191 e. The molecule has 6 nitrogen and oxygen atoms in total. The number of aliphatic hydroxyl groups is 1. The van der Waals surface area contributed by atoms with E-state index in [1.807, 2.05) is 30.3 Å². The Morgan fingerprint density at radius 1 is 1.22 bits per heavy atom. The number of nitrogens with zero attached hydrogens (tertiary/aromatic N) is 3. The molecule has 3 rings (SSSR count). The first kappa shape index (κ1) is 21.7. The third-order valence-electron chi connectivity index (χ3n) is 5.03. The van der Waals surface area contributed by atoms with Crippen LogP contribution < -0.4 is 10.6 Å². The van der Waals surface area contributed by atoms with Crippen molar-refractivity contribution in [3.8, 4) is 0 Å². The number of hydrogen-bond donors (Lipinski definition) is 3. The largest absolute Gasteiger partial charge is 0.396 e. The zero-order valence-electron chi connectivity index (χ0n) is 15.8. The van der Waals surface area contributed by atoms with Crippen LogP contribution in [0, 0.1) is 0 Å². The Morgan fingerprint density at radius 3 is 2.63 bits per heavy atom. The second kappa shape index (κ2) is 11.3. The SMILES string of the molecule is CN=C(NCc1ccn(C2CCCC2)n1)NCC(CO)c1ccccc1.I. The summed E-state index contributed by atoms with van der Waals surface area (Å²) in [6.45, 7) is 1.35. The van der Waals surface area contributed by atoms with Gasteiger partial charge in [0.15, 0.2) is 5.96 Å². The lowest BCUT2D eigenvalue weighted by molar-refractivity contribution is 0.265. The Labute approximate surface area is 178 Å². The van der Waals surface area contributed by atoms with Gasteiger partial charge in [-0.2, -0.15) is 5.10 Å². The molecule has 0 spiro atoms. The molecule has 3 N–H and O–H groups in total. The first-order valence-electron chi connectivity index (χ1n) is 9.44. The van der Waals surface area contributed by atoms with Gasteiger partial charge in [-0.3, -0.25) is 9.67 Å². The van der Waals surface area contributed by atoms with Crippen LogP contribution in [0.2, 0.25) is 0 Å². The van der Waals surface area contributed by atoms with Crippen molar-refractivity contribution in [2.45, 2.75) is 44.2 Å². The first-order chi connectivity index (χ1) is 12.8. The maximum absolute atomic E-state index is 9.67. The molecule has 0 amide bonds. The second-order valence-corrected chi connectivity index (χ2v) is 6.82. The topological polar surface area (TPSA) is 74.5 Å². The molecule has 27 heavy (non-hydrogen) atoms. The van der Waals surface area contributed by atoms with Gasteiger partial charge in [0.05, 0.1) is 24.9 Å². The van der Waals surface area contributed by atoms with Crippen molar-refractivity contribution in [3.05, 3.63) is 53.9 Å². The van der Waals surface area contributed by atoms with E-state index in [1.54, 1.807) is 7.05 Å². The van der Waals surface area contributed by atoms with E-state index >= 15 is 0 Å². The Bertz CT molecular complexity index is 697. The van der Waals surface area contributed by atoms with E-state index in [0.717, 1.165) is 17.2 Å². The van der Waals surface area contributed by atoms with Crippen LogP contribution in [0.25, 0.3) is 0 Å². The maximum Gasteiger partial charge on any atom is 0.191 e. The number of hydrogen-bond acceptors (Lipinski definition) is 3. The molecule has 1 saturated carbocycles. The molecule has 148 valence electrons. The molecule has 1 fully saturated rings. The van der Waals surface area contributed by atoms with Crippen LogP contribution in [-0.4, -0.2) is 41.0 Å². The summed E-state index contributed by atoms with van der Waals surface area (Å²) >= 11 is 0. The molecule has 1 aromatic carbocycles. The zero-order valence-corrected chi connectivity index (χ0v) is 18.2. The number of rotatable bonds is 7. The van der Waals surface area contributed by atoms with E-state index < -0.39 is 0 Å². The summed E-state index contributed by atoms with van der Waals surface area (Å²) in [5.41, 5.74) is 2.13. The molecule has 0 radical (unpaired) electrons. The number of nitrogens with one attached hydrogen (secondary N) is 2. The van der Waals surface area contributed by atoms with Crippen LogP contribution in [0.3, 0.4) is 0 Å². The number of benzene rings is 1. The van der Waals surface area contributed by atoms with Gasteiger partial charge in [-0.05, 0) is 24.5 Å². The van der Waals surface area contributed by atoms with Crippen molar-refractivity contribution >= 4 is 29.9 Å². The molecule has 2 aromatic rings. The minimum atomic E-state index is 0. The molecule has 1 aromatic heterocycles. The molecule has 0 saturated heterocycles. The predicted octanol–water partition coefficient (Wildman–Crippen LogP) is 3.06. The maximum atomic E-state index is 9.67. The molecule has 0 aliphatic heterocycles. The van der Waals surface area contributed by atoms with Gasteiger partial charge in [-0.1, -0.05) is 43.2 Å². The van der Waals surface area contributed by atoms with E-state index in [-0.39, 0.29) is 36.5 Å². The minimum absolute atomic E-state index is 0. The van der Waals surface area contributed by atoms with Crippen LogP contribution in [0.4, 0.5) is 0 Å². The highest BCUT2D eigenvalue weighted by atomic mass is 127. The summed E-state index contributed by atoms with van der Waals surface area (Å²) < 4.78 is 2.11. The van der Waals surface area contributed by atoms with Gasteiger partial charge in [-0.25, -0.2) is 0 Å². The summed E-state index contributed by atoms with van der Waals surface area (Å²) in [4.78, 5) is 4.27. The highest BCUT2D eigenvalue weighted by molar-refractivity contribution is 14.0. The fraction of sp³-hybridized carbons (Fsp3) is 0.500. The highest BCUT2D eigenvalue weighted by Crippen LogP contribution is 2.28. The van der Waals surface area contributed by atoms with E-state index in [1.165, 1.54) is 25.7 Å². The summed E-state index contributed by atoms with van der Waals surface area (Å²) in [6, 6.07) is 12.7. The van der Waals surface area contributed by atoms with Crippen LogP contribution >= 0.6 is 24.0 Å². The lowest BCUT2D eigenvalue weighted by Gasteiger charge is -2.18. The average molecular weight is 483 g/mol. The molecular weight excluding hydrogens is 453 g/mol. The van der Waals surface area contributed by atoms with Crippen molar-refractivity contribution < 1.29 is 5.11 Å². The Kier molecular flexibility index (Phi) is 9.06. The van der Waals surface area contributed by atoms with Gasteiger partial charge < -0.3 is 15.7 Å². The zero-order chi connectivity index (χ0) is 18.2. The summed E-state index contributed by atoms with van der Waals surface area (Å²) in [5, 5.41) is 21.0. The van der Waals surface area contributed by atoms with Crippen molar-refractivity contribution in [1.82, 2.24) is 20.4 Å². The molecule has 0 bridgehead atoms. The van der Waals surface area contributed by atoms with Crippen molar-refractivity contribution in [3.63, 3.8) is 0 Å². The normalized spacial score (nSPS) is 16.0. The van der Waals surface area contributed by atoms with Crippen molar-refractivity contribution in [2.24, 2.45) is 4.99 Å². The third-order valence-corrected chi connectivity index (χ3v) is 5.03. The monoisotopic (exact) mass is 483 g/mol. The van der Waals surface area contributed by atoms with E-state index in [4.69, 9.17) is 0 Å². The number of guanidine groups is 1. The van der Waals surface area contributed by atoms with Gasteiger partial charge >= 0.3 is 0 Å².